The first-order valence-electron chi connectivity index (χ1n) is 6.47. The smallest absolute Gasteiger partial charge is 0.253 e. The highest BCUT2D eigenvalue weighted by Gasteiger charge is 2.18. The van der Waals surface area contributed by atoms with Crippen LogP contribution in [0.3, 0.4) is 0 Å². The first kappa shape index (κ1) is 14.4. The van der Waals surface area contributed by atoms with Crippen LogP contribution >= 0.6 is 27.5 Å². The number of fused-ring (bicyclic) bond motifs is 1. The van der Waals surface area contributed by atoms with Gasteiger partial charge in [0.15, 0.2) is 0 Å². The number of carbonyl (C=O) groups is 1. The van der Waals surface area contributed by atoms with Gasteiger partial charge in [-0.05, 0) is 29.8 Å². The van der Waals surface area contributed by atoms with Crippen LogP contribution in [0.5, 0.6) is 5.75 Å². The summed E-state index contributed by atoms with van der Waals surface area (Å²) in [4.78, 5) is 16.0. The maximum atomic E-state index is 12.1. The van der Waals surface area contributed by atoms with Crippen LogP contribution in [0.1, 0.15) is 21.5 Å². The molecule has 108 valence electrons. The summed E-state index contributed by atoms with van der Waals surface area (Å²) in [6, 6.07) is 7.25. The number of carbonyl (C=O) groups excluding carboxylic acids is 1. The fraction of sp³-hybridized carbons (Fsp3) is 0.200. The summed E-state index contributed by atoms with van der Waals surface area (Å²) in [5.41, 5.74) is 2.61. The molecular formula is C15H12BrClN2O2. The summed E-state index contributed by atoms with van der Waals surface area (Å²) >= 11 is 9.19. The fourth-order valence-electron chi connectivity index (χ4n) is 2.27. The molecule has 0 spiro atoms. The molecule has 0 atom stereocenters. The molecule has 0 radical (unpaired) electrons. The van der Waals surface area contributed by atoms with Gasteiger partial charge >= 0.3 is 0 Å². The van der Waals surface area contributed by atoms with Crippen molar-refractivity contribution in [2.24, 2.45) is 0 Å². The van der Waals surface area contributed by atoms with Crippen molar-refractivity contribution in [1.29, 1.82) is 0 Å². The van der Waals surface area contributed by atoms with Crippen LogP contribution in [0.15, 0.2) is 34.9 Å². The molecule has 0 fully saturated rings. The number of nitrogens with one attached hydrogen (secondary N) is 1. The van der Waals surface area contributed by atoms with E-state index < -0.39 is 0 Å². The van der Waals surface area contributed by atoms with Gasteiger partial charge in [-0.25, -0.2) is 4.98 Å². The Hall–Kier alpha value is -1.59. The molecule has 21 heavy (non-hydrogen) atoms. The highest BCUT2D eigenvalue weighted by molar-refractivity contribution is 9.10. The Balaban J connectivity index is 1.73. The zero-order chi connectivity index (χ0) is 14.8. The van der Waals surface area contributed by atoms with Crippen molar-refractivity contribution in [3.8, 4) is 5.75 Å². The van der Waals surface area contributed by atoms with Gasteiger partial charge in [-0.1, -0.05) is 27.5 Å². The Morgan fingerprint density at radius 1 is 1.43 bits per heavy atom. The fourth-order valence-corrected chi connectivity index (χ4v) is 2.93. The molecule has 0 saturated carbocycles. The molecule has 1 aliphatic heterocycles. The minimum atomic E-state index is -0.189. The van der Waals surface area contributed by atoms with Crippen LogP contribution in [-0.4, -0.2) is 17.5 Å². The van der Waals surface area contributed by atoms with Crippen molar-refractivity contribution in [2.45, 2.75) is 13.0 Å². The lowest BCUT2D eigenvalue weighted by molar-refractivity contribution is 0.0950. The lowest BCUT2D eigenvalue weighted by atomic mass is 10.1. The lowest BCUT2D eigenvalue weighted by Gasteiger charge is -2.10. The van der Waals surface area contributed by atoms with Crippen molar-refractivity contribution in [2.75, 3.05) is 6.61 Å². The molecule has 2 aromatic rings. The Morgan fingerprint density at radius 2 is 2.29 bits per heavy atom. The average Bonchev–Trinajstić information content (AvgIpc) is 2.93. The number of ether oxygens (including phenoxy) is 1. The Labute approximate surface area is 135 Å². The molecule has 1 amide bonds. The highest BCUT2D eigenvalue weighted by Crippen LogP contribution is 2.32. The third kappa shape index (κ3) is 3.19. The standard InChI is InChI=1S/C15H12BrClN2O2/c16-12-5-9-3-4-21-14(9)11(6-12)8-19-15(20)10-1-2-13(17)18-7-10/h1-2,5-7H,3-4,8H2,(H,19,20). The van der Waals surface area contributed by atoms with E-state index in [1.54, 1.807) is 12.1 Å². The number of hydrogen-bond acceptors (Lipinski definition) is 3. The molecule has 0 saturated heterocycles. The van der Waals surface area contributed by atoms with Crippen molar-refractivity contribution >= 4 is 33.4 Å². The number of halogens is 2. The minimum Gasteiger partial charge on any atom is -0.493 e. The van der Waals surface area contributed by atoms with Crippen molar-refractivity contribution in [1.82, 2.24) is 10.3 Å². The van der Waals surface area contributed by atoms with Gasteiger partial charge in [0.05, 0.1) is 12.2 Å². The van der Waals surface area contributed by atoms with Gasteiger partial charge in [-0.15, -0.1) is 0 Å². The van der Waals surface area contributed by atoms with E-state index in [0.29, 0.717) is 23.9 Å². The Morgan fingerprint density at radius 3 is 3.05 bits per heavy atom. The normalized spacial score (nSPS) is 12.7. The van der Waals surface area contributed by atoms with Gasteiger partial charge in [-0.2, -0.15) is 0 Å². The van der Waals surface area contributed by atoms with Gasteiger partial charge in [-0.3, -0.25) is 4.79 Å². The second-order valence-electron chi connectivity index (χ2n) is 4.70. The van der Waals surface area contributed by atoms with Crippen LogP contribution in [0.25, 0.3) is 0 Å². The molecule has 1 aliphatic rings. The van der Waals surface area contributed by atoms with Crippen molar-refractivity contribution in [3.05, 3.63) is 56.8 Å². The zero-order valence-electron chi connectivity index (χ0n) is 11.0. The third-order valence-electron chi connectivity index (χ3n) is 3.25. The first-order valence-corrected chi connectivity index (χ1v) is 7.64. The SMILES string of the molecule is O=C(NCc1cc(Br)cc2c1OCC2)c1ccc(Cl)nc1. The van der Waals surface area contributed by atoms with Crippen molar-refractivity contribution in [3.63, 3.8) is 0 Å². The number of pyridine rings is 1. The summed E-state index contributed by atoms with van der Waals surface area (Å²) < 4.78 is 6.63. The van der Waals surface area contributed by atoms with Gasteiger partial charge in [0.1, 0.15) is 10.9 Å². The molecule has 3 rings (SSSR count). The van der Waals surface area contributed by atoms with Crippen molar-refractivity contribution < 1.29 is 9.53 Å². The van der Waals surface area contributed by atoms with E-state index in [4.69, 9.17) is 16.3 Å². The lowest BCUT2D eigenvalue weighted by Crippen LogP contribution is -2.23. The Bertz CT molecular complexity index is 689. The maximum absolute atomic E-state index is 12.1. The Kier molecular flexibility index (Phi) is 4.12. The van der Waals surface area contributed by atoms with Crippen LogP contribution in [0, 0.1) is 0 Å². The van der Waals surface area contributed by atoms with Gasteiger partial charge < -0.3 is 10.1 Å². The van der Waals surface area contributed by atoms with Gasteiger partial charge in [0, 0.05) is 29.2 Å². The van der Waals surface area contributed by atoms with Crippen LogP contribution in [-0.2, 0) is 13.0 Å². The topological polar surface area (TPSA) is 51.2 Å². The predicted octanol–water partition coefficient (Wildman–Crippen LogP) is 3.36. The zero-order valence-corrected chi connectivity index (χ0v) is 13.4. The second kappa shape index (κ2) is 6.03. The van der Waals surface area contributed by atoms with E-state index in [-0.39, 0.29) is 5.91 Å². The van der Waals surface area contributed by atoms with Gasteiger partial charge in [0.25, 0.3) is 5.91 Å². The number of aromatic nitrogens is 1. The van der Waals surface area contributed by atoms with E-state index >= 15 is 0 Å². The first-order chi connectivity index (χ1) is 10.1. The quantitative estimate of drug-likeness (QED) is 0.846. The number of nitrogens with zero attached hydrogens (tertiary/aromatic N) is 1. The average molecular weight is 368 g/mol. The number of amides is 1. The highest BCUT2D eigenvalue weighted by atomic mass is 79.9. The summed E-state index contributed by atoms with van der Waals surface area (Å²) in [5.74, 6) is 0.693. The van der Waals surface area contributed by atoms with Crippen LogP contribution < -0.4 is 10.1 Å². The molecule has 0 unspecified atom stereocenters. The molecule has 1 aromatic carbocycles. The monoisotopic (exact) mass is 366 g/mol. The maximum Gasteiger partial charge on any atom is 0.253 e. The second-order valence-corrected chi connectivity index (χ2v) is 6.01. The molecule has 4 nitrogen and oxygen atoms in total. The van der Waals surface area contributed by atoms with E-state index in [1.165, 1.54) is 11.8 Å². The molecule has 0 aliphatic carbocycles. The van der Waals surface area contributed by atoms with E-state index in [2.05, 4.69) is 32.3 Å². The molecule has 6 heteroatoms. The summed E-state index contributed by atoms with van der Waals surface area (Å²) in [6.07, 6.45) is 2.36. The van der Waals surface area contributed by atoms with Gasteiger partial charge in [0.2, 0.25) is 0 Å². The summed E-state index contributed by atoms with van der Waals surface area (Å²) in [5, 5.41) is 3.23. The molecule has 2 heterocycles. The number of benzene rings is 1. The van der Waals surface area contributed by atoms with E-state index in [0.717, 1.165) is 22.2 Å². The van der Waals surface area contributed by atoms with Crippen LogP contribution in [0.2, 0.25) is 5.15 Å². The molecular weight excluding hydrogens is 356 g/mol. The predicted molar refractivity (Wildman–Crippen MR) is 83.8 cm³/mol. The molecule has 1 N–H and O–H groups in total. The van der Waals surface area contributed by atoms with E-state index in [9.17, 15) is 4.79 Å². The molecule has 0 bridgehead atoms. The van der Waals surface area contributed by atoms with E-state index in [1.807, 2.05) is 6.07 Å². The largest absolute Gasteiger partial charge is 0.493 e. The van der Waals surface area contributed by atoms with Crippen LogP contribution in [0.4, 0.5) is 0 Å². The number of rotatable bonds is 3. The minimum absolute atomic E-state index is 0.189. The summed E-state index contributed by atoms with van der Waals surface area (Å²) in [7, 11) is 0. The molecule has 1 aromatic heterocycles. The third-order valence-corrected chi connectivity index (χ3v) is 3.94. The summed E-state index contributed by atoms with van der Waals surface area (Å²) in [6.45, 7) is 1.09. The number of hydrogen-bond donors (Lipinski definition) is 1.